The number of hydrogen-bond acceptors (Lipinski definition) is 2. The average Bonchev–Trinajstić information content (AvgIpc) is 2.82. The molecule has 3 rings (SSSR count). The molecule has 0 saturated carbocycles. The van der Waals surface area contributed by atoms with Gasteiger partial charge in [0.25, 0.3) is 0 Å². The lowest BCUT2D eigenvalue weighted by atomic mass is 10.1. The Morgan fingerprint density at radius 3 is 2.72 bits per heavy atom. The first-order valence-corrected chi connectivity index (χ1v) is 9.03. The maximum atomic E-state index is 6.59. The van der Waals surface area contributed by atoms with Crippen LogP contribution in [0.15, 0.2) is 34.8 Å². The number of aryl methyl sites for hydroxylation is 1. The van der Waals surface area contributed by atoms with Crippen molar-refractivity contribution in [1.82, 2.24) is 0 Å². The summed E-state index contributed by atoms with van der Waals surface area (Å²) in [4.78, 5) is 2.82. The molecule has 4 heteroatoms. The van der Waals surface area contributed by atoms with Crippen LogP contribution in [0.4, 0.5) is 0 Å². The molecular weight excluding hydrogens is 348 g/mol. The topological polar surface area (TPSA) is 0 Å². The van der Waals surface area contributed by atoms with Crippen LogP contribution >= 0.6 is 50.6 Å². The normalized spacial score (nSPS) is 16.3. The summed E-state index contributed by atoms with van der Waals surface area (Å²) in [7, 11) is 0. The van der Waals surface area contributed by atoms with Gasteiger partial charge < -0.3 is 0 Å². The highest BCUT2D eigenvalue weighted by Crippen LogP contribution is 2.39. The van der Waals surface area contributed by atoms with E-state index >= 15 is 0 Å². The van der Waals surface area contributed by atoms with E-state index in [0.29, 0.717) is 0 Å². The fourth-order valence-corrected chi connectivity index (χ4v) is 5.08. The second kappa shape index (κ2) is 5.58. The Bertz CT molecular complexity index is 524. The van der Waals surface area contributed by atoms with Gasteiger partial charge in [0.2, 0.25) is 0 Å². The van der Waals surface area contributed by atoms with Crippen molar-refractivity contribution in [2.45, 2.75) is 17.6 Å². The SMILES string of the molecule is ClC(c1ccc(Br)cc1)c1cc2c(s1)CCSC2. The molecule has 0 fully saturated rings. The Hall–Kier alpha value is 0.0400. The van der Waals surface area contributed by atoms with Crippen molar-refractivity contribution in [3.63, 3.8) is 0 Å². The van der Waals surface area contributed by atoms with Crippen LogP contribution in [0, 0.1) is 0 Å². The number of thioether (sulfide) groups is 1. The third-order valence-corrected chi connectivity index (χ3v) is 6.51. The second-order valence-electron chi connectivity index (χ2n) is 4.31. The first kappa shape index (κ1) is 13.0. The Balaban J connectivity index is 1.89. The van der Waals surface area contributed by atoms with Gasteiger partial charge >= 0.3 is 0 Å². The molecule has 2 heterocycles. The predicted octanol–water partition coefficient (Wildman–Crippen LogP) is 5.63. The lowest BCUT2D eigenvalue weighted by Crippen LogP contribution is -1.96. The van der Waals surface area contributed by atoms with Crippen LogP contribution in [0.2, 0.25) is 0 Å². The summed E-state index contributed by atoms with van der Waals surface area (Å²) in [5.41, 5.74) is 2.67. The number of thiophene rings is 1. The molecule has 0 bridgehead atoms. The van der Waals surface area contributed by atoms with Crippen molar-refractivity contribution in [3.05, 3.63) is 55.7 Å². The molecule has 1 aliphatic heterocycles. The van der Waals surface area contributed by atoms with Gasteiger partial charge in [0.05, 0.1) is 5.38 Å². The molecule has 0 radical (unpaired) electrons. The third kappa shape index (κ3) is 2.64. The van der Waals surface area contributed by atoms with Crippen LogP contribution in [-0.4, -0.2) is 5.75 Å². The zero-order valence-electron chi connectivity index (χ0n) is 9.66. The van der Waals surface area contributed by atoms with Crippen LogP contribution in [-0.2, 0) is 12.2 Å². The summed E-state index contributed by atoms with van der Waals surface area (Å²) >= 11 is 13.9. The maximum Gasteiger partial charge on any atom is 0.0928 e. The molecule has 0 aliphatic carbocycles. The van der Waals surface area contributed by atoms with Crippen LogP contribution in [0.5, 0.6) is 0 Å². The Kier molecular flexibility index (Phi) is 4.04. The van der Waals surface area contributed by atoms with Crippen molar-refractivity contribution in [2.24, 2.45) is 0 Å². The highest BCUT2D eigenvalue weighted by molar-refractivity contribution is 9.10. The van der Waals surface area contributed by atoms with E-state index in [1.165, 1.54) is 33.1 Å². The van der Waals surface area contributed by atoms with Gasteiger partial charge in [-0.1, -0.05) is 28.1 Å². The molecule has 1 atom stereocenters. The predicted molar refractivity (Wildman–Crippen MR) is 86.0 cm³/mol. The molecular formula is C14H12BrClS2. The minimum atomic E-state index is -0.0151. The summed E-state index contributed by atoms with van der Waals surface area (Å²) < 4.78 is 1.09. The Morgan fingerprint density at radius 1 is 1.22 bits per heavy atom. The molecule has 18 heavy (non-hydrogen) atoms. The van der Waals surface area contributed by atoms with E-state index in [1.807, 2.05) is 35.2 Å². The molecule has 0 saturated heterocycles. The van der Waals surface area contributed by atoms with E-state index in [2.05, 4.69) is 34.1 Å². The summed E-state index contributed by atoms with van der Waals surface area (Å²) in [5.74, 6) is 2.40. The first-order valence-electron chi connectivity index (χ1n) is 5.83. The van der Waals surface area contributed by atoms with Crippen molar-refractivity contribution < 1.29 is 0 Å². The van der Waals surface area contributed by atoms with Crippen LogP contribution < -0.4 is 0 Å². The number of fused-ring (bicyclic) bond motifs is 1. The minimum absolute atomic E-state index is 0.0151. The van der Waals surface area contributed by atoms with Gasteiger partial charge in [0, 0.05) is 20.0 Å². The van der Waals surface area contributed by atoms with Gasteiger partial charge in [-0.15, -0.1) is 22.9 Å². The van der Waals surface area contributed by atoms with Crippen molar-refractivity contribution in [2.75, 3.05) is 5.75 Å². The summed E-state index contributed by atoms with van der Waals surface area (Å²) in [6.45, 7) is 0. The van der Waals surface area contributed by atoms with Gasteiger partial charge in [0.1, 0.15) is 0 Å². The van der Waals surface area contributed by atoms with E-state index in [9.17, 15) is 0 Å². The van der Waals surface area contributed by atoms with Crippen molar-refractivity contribution in [3.8, 4) is 0 Å². The number of hydrogen-bond donors (Lipinski definition) is 0. The summed E-state index contributed by atoms with van der Waals surface area (Å²) in [6.07, 6.45) is 1.20. The fraction of sp³-hybridized carbons (Fsp3) is 0.286. The van der Waals surface area contributed by atoms with Gasteiger partial charge in [-0.3, -0.25) is 0 Å². The minimum Gasteiger partial charge on any atom is -0.157 e. The lowest BCUT2D eigenvalue weighted by molar-refractivity contribution is 1.13. The molecule has 1 unspecified atom stereocenters. The van der Waals surface area contributed by atoms with Gasteiger partial charge in [0.15, 0.2) is 0 Å². The standard InChI is InChI=1S/C14H12BrClS2/c15-11-3-1-9(2-4-11)14(16)13-7-10-8-17-6-5-12(10)18-13/h1-4,7,14H,5-6,8H2. The Labute approximate surface area is 129 Å². The van der Waals surface area contributed by atoms with Crippen molar-refractivity contribution in [1.29, 1.82) is 0 Å². The molecule has 94 valence electrons. The zero-order valence-corrected chi connectivity index (χ0v) is 13.6. The average molecular weight is 360 g/mol. The van der Waals surface area contributed by atoms with Gasteiger partial charge in [-0.05, 0) is 41.5 Å². The number of alkyl halides is 1. The quantitative estimate of drug-likeness (QED) is 0.626. The van der Waals surface area contributed by atoms with Crippen LogP contribution in [0.3, 0.4) is 0 Å². The monoisotopic (exact) mass is 358 g/mol. The van der Waals surface area contributed by atoms with Gasteiger partial charge in [-0.2, -0.15) is 11.8 Å². The van der Waals surface area contributed by atoms with Crippen LogP contribution in [0.25, 0.3) is 0 Å². The number of rotatable bonds is 2. The number of halogens is 2. The smallest absolute Gasteiger partial charge is 0.0928 e. The summed E-state index contributed by atoms with van der Waals surface area (Å²) in [6, 6.07) is 10.6. The molecule has 0 spiro atoms. The summed E-state index contributed by atoms with van der Waals surface area (Å²) in [5, 5.41) is -0.0151. The number of benzene rings is 1. The third-order valence-electron chi connectivity index (χ3n) is 3.06. The molecule has 1 aromatic carbocycles. The lowest BCUT2D eigenvalue weighted by Gasteiger charge is -2.08. The first-order chi connectivity index (χ1) is 8.74. The largest absolute Gasteiger partial charge is 0.157 e. The highest BCUT2D eigenvalue weighted by atomic mass is 79.9. The maximum absolute atomic E-state index is 6.59. The molecule has 1 aromatic heterocycles. The molecule has 2 aromatic rings. The molecule has 0 amide bonds. The fourth-order valence-electron chi connectivity index (χ4n) is 2.09. The van der Waals surface area contributed by atoms with Crippen LogP contribution in [0.1, 0.15) is 26.3 Å². The van der Waals surface area contributed by atoms with E-state index in [4.69, 9.17) is 11.6 Å². The molecule has 1 aliphatic rings. The second-order valence-corrected chi connectivity index (χ2v) is 7.94. The Morgan fingerprint density at radius 2 is 2.00 bits per heavy atom. The van der Waals surface area contributed by atoms with E-state index < -0.39 is 0 Å². The molecule has 0 nitrogen and oxygen atoms in total. The van der Waals surface area contributed by atoms with E-state index in [1.54, 1.807) is 0 Å². The zero-order chi connectivity index (χ0) is 12.5. The van der Waals surface area contributed by atoms with Gasteiger partial charge in [-0.25, -0.2) is 0 Å². The van der Waals surface area contributed by atoms with E-state index in [-0.39, 0.29) is 5.38 Å². The van der Waals surface area contributed by atoms with Crippen molar-refractivity contribution >= 4 is 50.6 Å². The van der Waals surface area contributed by atoms with E-state index in [0.717, 1.165) is 10.2 Å². The molecule has 0 N–H and O–H groups in total. The highest BCUT2D eigenvalue weighted by Gasteiger charge is 2.19.